The second-order valence-corrected chi connectivity index (χ2v) is 6.92. The van der Waals surface area contributed by atoms with E-state index in [0.717, 1.165) is 49.3 Å². The fourth-order valence-electron chi connectivity index (χ4n) is 2.88. The molecule has 2 aromatic carbocycles. The Balaban J connectivity index is 1.43. The summed E-state index contributed by atoms with van der Waals surface area (Å²) in [4.78, 5) is 16.7. The van der Waals surface area contributed by atoms with Crippen molar-refractivity contribution in [2.45, 2.75) is 6.42 Å². The predicted octanol–water partition coefficient (Wildman–Crippen LogP) is 3.84. The number of anilines is 1. The highest BCUT2D eigenvalue weighted by Crippen LogP contribution is 2.16. The van der Waals surface area contributed by atoms with E-state index >= 15 is 0 Å². The van der Waals surface area contributed by atoms with Gasteiger partial charge in [-0.15, -0.1) is 0 Å². The topological polar surface area (TPSA) is 35.6 Å². The first kappa shape index (κ1) is 17.0. The number of carbonyl (C=O) groups excluding carboxylic acids is 1. The Morgan fingerprint density at radius 3 is 2.46 bits per heavy atom. The maximum Gasteiger partial charge on any atom is 0.321 e. The van der Waals surface area contributed by atoms with Gasteiger partial charge < -0.3 is 10.2 Å². The normalized spacial score (nSPS) is 15.3. The Bertz CT molecular complexity index is 669. The molecule has 1 fully saturated rings. The summed E-state index contributed by atoms with van der Waals surface area (Å²) in [6.07, 6.45) is 1.06. The highest BCUT2D eigenvalue weighted by Gasteiger charge is 2.20. The number of hydrogen-bond acceptors (Lipinski definition) is 2. The van der Waals surface area contributed by atoms with Gasteiger partial charge in [0.05, 0.1) is 0 Å². The van der Waals surface area contributed by atoms with Crippen molar-refractivity contribution in [2.75, 3.05) is 38.0 Å². The molecule has 1 saturated heterocycles. The van der Waals surface area contributed by atoms with Gasteiger partial charge in [-0.25, -0.2) is 4.79 Å². The van der Waals surface area contributed by atoms with E-state index in [9.17, 15) is 4.79 Å². The van der Waals surface area contributed by atoms with E-state index in [1.54, 1.807) is 0 Å². The molecule has 0 aliphatic carbocycles. The molecule has 0 aromatic heterocycles. The maximum absolute atomic E-state index is 12.3. The number of nitrogens with zero attached hydrogens (tertiary/aromatic N) is 2. The van der Waals surface area contributed by atoms with Crippen molar-refractivity contribution in [2.24, 2.45) is 0 Å². The summed E-state index contributed by atoms with van der Waals surface area (Å²) in [6.45, 7) is 4.45. The van der Waals surface area contributed by atoms with Gasteiger partial charge in [0.1, 0.15) is 0 Å². The van der Waals surface area contributed by atoms with Crippen LogP contribution in [0.1, 0.15) is 5.56 Å². The van der Waals surface area contributed by atoms with Gasteiger partial charge in [-0.1, -0.05) is 52.3 Å². The number of amides is 2. The molecule has 0 unspecified atom stereocenters. The fourth-order valence-corrected chi connectivity index (χ4v) is 3.27. The summed E-state index contributed by atoms with van der Waals surface area (Å²) in [5.74, 6) is 0. The largest absolute Gasteiger partial charge is 0.322 e. The monoisotopic (exact) mass is 387 g/mol. The molecule has 1 heterocycles. The molecule has 1 N–H and O–H groups in total. The standard InChI is InChI=1S/C19H22BrN3O/c20-17-7-4-8-18(15-17)21-19(24)23-13-11-22(12-14-23)10-9-16-5-2-1-3-6-16/h1-8,15H,9-14H2,(H,21,24). The lowest BCUT2D eigenvalue weighted by atomic mass is 10.1. The maximum atomic E-state index is 12.3. The van der Waals surface area contributed by atoms with Gasteiger partial charge in [-0.3, -0.25) is 4.90 Å². The summed E-state index contributed by atoms with van der Waals surface area (Å²) < 4.78 is 0.964. The van der Waals surface area contributed by atoms with Crippen LogP contribution in [0.4, 0.5) is 10.5 Å². The van der Waals surface area contributed by atoms with E-state index in [2.05, 4.69) is 50.4 Å². The van der Waals surface area contributed by atoms with Crippen molar-refractivity contribution >= 4 is 27.6 Å². The molecule has 1 aliphatic rings. The van der Waals surface area contributed by atoms with Crippen LogP contribution >= 0.6 is 15.9 Å². The molecule has 2 amide bonds. The molecular weight excluding hydrogens is 366 g/mol. The summed E-state index contributed by atoms with van der Waals surface area (Å²) in [7, 11) is 0. The Morgan fingerprint density at radius 2 is 1.75 bits per heavy atom. The van der Waals surface area contributed by atoms with Crippen molar-refractivity contribution in [1.29, 1.82) is 0 Å². The zero-order valence-electron chi connectivity index (χ0n) is 13.6. The Hall–Kier alpha value is -1.85. The van der Waals surface area contributed by atoms with E-state index in [1.807, 2.05) is 35.2 Å². The van der Waals surface area contributed by atoms with Gasteiger partial charge in [-0.2, -0.15) is 0 Å². The van der Waals surface area contributed by atoms with Crippen LogP contribution in [0.25, 0.3) is 0 Å². The van der Waals surface area contributed by atoms with E-state index in [1.165, 1.54) is 5.56 Å². The molecule has 4 nitrogen and oxygen atoms in total. The van der Waals surface area contributed by atoms with Crippen LogP contribution < -0.4 is 5.32 Å². The molecule has 0 atom stereocenters. The first-order valence-corrected chi connectivity index (χ1v) is 9.08. The third kappa shape index (κ3) is 4.82. The number of benzene rings is 2. The van der Waals surface area contributed by atoms with Gasteiger partial charge in [0.2, 0.25) is 0 Å². The Labute approximate surface area is 151 Å². The van der Waals surface area contributed by atoms with Crippen molar-refractivity contribution < 1.29 is 4.79 Å². The molecule has 0 saturated carbocycles. The zero-order valence-corrected chi connectivity index (χ0v) is 15.2. The molecule has 24 heavy (non-hydrogen) atoms. The van der Waals surface area contributed by atoms with E-state index in [4.69, 9.17) is 0 Å². The van der Waals surface area contributed by atoms with Crippen LogP contribution in [0.15, 0.2) is 59.1 Å². The minimum Gasteiger partial charge on any atom is -0.322 e. The van der Waals surface area contributed by atoms with E-state index in [0.29, 0.717) is 0 Å². The van der Waals surface area contributed by atoms with Gasteiger partial charge >= 0.3 is 6.03 Å². The van der Waals surface area contributed by atoms with E-state index < -0.39 is 0 Å². The van der Waals surface area contributed by atoms with Gasteiger partial charge in [0.15, 0.2) is 0 Å². The second kappa shape index (κ2) is 8.31. The minimum absolute atomic E-state index is 0.0178. The molecule has 1 aliphatic heterocycles. The summed E-state index contributed by atoms with van der Waals surface area (Å²) in [5, 5.41) is 2.96. The lowest BCUT2D eigenvalue weighted by molar-refractivity contribution is 0.148. The van der Waals surface area contributed by atoms with Gasteiger partial charge in [0.25, 0.3) is 0 Å². The number of nitrogens with one attached hydrogen (secondary N) is 1. The van der Waals surface area contributed by atoms with Gasteiger partial charge in [-0.05, 0) is 30.2 Å². The fraction of sp³-hybridized carbons (Fsp3) is 0.316. The third-order valence-corrected chi connectivity index (χ3v) is 4.79. The highest BCUT2D eigenvalue weighted by molar-refractivity contribution is 9.10. The number of carbonyl (C=O) groups is 1. The Morgan fingerprint density at radius 1 is 1.00 bits per heavy atom. The first-order chi connectivity index (χ1) is 11.7. The smallest absolute Gasteiger partial charge is 0.321 e. The van der Waals surface area contributed by atoms with Crippen LogP contribution in [-0.4, -0.2) is 48.6 Å². The number of piperazine rings is 1. The lowest BCUT2D eigenvalue weighted by Gasteiger charge is -2.34. The zero-order chi connectivity index (χ0) is 16.8. The molecular formula is C19H22BrN3O. The summed E-state index contributed by atoms with van der Waals surface area (Å²) in [5.41, 5.74) is 2.19. The lowest BCUT2D eigenvalue weighted by Crippen LogP contribution is -2.50. The molecule has 0 bridgehead atoms. The quantitative estimate of drug-likeness (QED) is 0.864. The van der Waals surface area contributed by atoms with Crippen molar-refractivity contribution in [3.05, 3.63) is 64.6 Å². The third-order valence-electron chi connectivity index (χ3n) is 4.29. The van der Waals surface area contributed by atoms with Crippen molar-refractivity contribution in [1.82, 2.24) is 9.80 Å². The second-order valence-electron chi connectivity index (χ2n) is 6.00. The van der Waals surface area contributed by atoms with Crippen LogP contribution in [0, 0.1) is 0 Å². The summed E-state index contributed by atoms with van der Waals surface area (Å²) in [6, 6.07) is 18.2. The van der Waals surface area contributed by atoms with Crippen LogP contribution in [-0.2, 0) is 6.42 Å². The Kier molecular flexibility index (Phi) is 5.88. The van der Waals surface area contributed by atoms with Crippen molar-refractivity contribution in [3.8, 4) is 0 Å². The number of urea groups is 1. The SMILES string of the molecule is O=C(Nc1cccc(Br)c1)N1CCN(CCc2ccccc2)CC1. The first-order valence-electron chi connectivity index (χ1n) is 8.28. The average molecular weight is 388 g/mol. The molecule has 5 heteroatoms. The highest BCUT2D eigenvalue weighted by atomic mass is 79.9. The average Bonchev–Trinajstić information content (AvgIpc) is 2.61. The number of hydrogen-bond donors (Lipinski definition) is 1. The van der Waals surface area contributed by atoms with Gasteiger partial charge in [0, 0.05) is 42.9 Å². The molecule has 0 radical (unpaired) electrons. The summed E-state index contributed by atoms with van der Waals surface area (Å²) >= 11 is 3.42. The molecule has 3 rings (SSSR count). The molecule has 126 valence electrons. The van der Waals surface area contributed by atoms with Crippen LogP contribution in [0.3, 0.4) is 0 Å². The van der Waals surface area contributed by atoms with E-state index in [-0.39, 0.29) is 6.03 Å². The van der Waals surface area contributed by atoms with Crippen molar-refractivity contribution in [3.63, 3.8) is 0 Å². The number of rotatable bonds is 4. The predicted molar refractivity (Wildman–Crippen MR) is 101 cm³/mol. The molecule has 0 spiro atoms. The van der Waals surface area contributed by atoms with Crippen LogP contribution in [0.2, 0.25) is 0 Å². The molecule has 2 aromatic rings. The van der Waals surface area contributed by atoms with Crippen LogP contribution in [0.5, 0.6) is 0 Å². The minimum atomic E-state index is -0.0178. The number of halogens is 1.